The van der Waals surface area contributed by atoms with E-state index in [1.54, 1.807) is 0 Å². The average molecular weight is 460 g/mol. The van der Waals surface area contributed by atoms with E-state index < -0.39 is 0 Å². The zero-order valence-corrected chi connectivity index (χ0v) is 19.2. The van der Waals surface area contributed by atoms with Gasteiger partial charge in [-0.2, -0.15) is 0 Å². The molecule has 2 aliphatic heterocycles. The highest BCUT2D eigenvalue weighted by molar-refractivity contribution is 8.16. The predicted octanol–water partition coefficient (Wildman–Crippen LogP) is 5.52. The van der Waals surface area contributed by atoms with Crippen LogP contribution in [0.3, 0.4) is 0 Å². The molecule has 31 heavy (non-hydrogen) atoms. The summed E-state index contributed by atoms with van der Waals surface area (Å²) in [7, 11) is 0. The van der Waals surface area contributed by atoms with Crippen molar-refractivity contribution in [3.63, 3.8) is 0 Å². The molecule has 7 heteroatoms. The lowest BCUT2D eigenvalue weighted by Gasteiger charge is -2.23. The Morgan fingerprint density at radius 3 is 2.58 bits per heavy atom. The van der Waals surface area contributed by atoms with Gasteiger partial charge in [0.25, 0.3) is 5.91 Å². The normalized spacial score (nSPS) is 19.5. The first-order valence-electron chi connectivity index (χ1n) is 10.9. The van der Waals surface area contributed by atoms with E-state index in [2.05, 4.69) is 17.4 Å². The monoisotopic (exact) mass is 459 g/mol. The summed E-state index contributed by atoms with van der Waals surface area (Å²) in [6.45, 7) is 1.24. The van der Waals surface area contributed by atoms with Crippen LogP contribution in [0.15, 0.2) is 48.5 Å². The molecule has 0 spiro atoms. The number of rotatable bonds is 8. The van der Waals surface area contributed by atoms with Crippen LogP contribution in [-0.4, -0.2) is 43.3 Å². The zero-order valence-electron chi connectivity index (χ0n) is 17.6. The Morgan fingerprint density at radius 2 is 1.81 bits per heavy atom. The first-order chi connectivity index (χ1) is 15.3. The minimum Gasteiger partial charge on any atom is -0.489 e. The number of nitrogens with one attached hydrogen (secondary N) is 1. The molecule has 0 bridgehead atoms. The van der Waals surface area contributed by atoms with Gasteiger partial charge in [-0.15, -0.1) is 23.5 Å². The van der Waals surface area contributed by atoms with Gasteiger partial charge in [-0.25, -0.2) is 0 Å². The highest BCUT2D eigenvalue weighted by atomic mass is 32.2. The molecule has 1 N–H and O–H groups in total. The molecule has 1 atom stereocenters. The molecule has 4 rings (SSSR count). The van der Waals surface area contributed by atoms with Gasteiger partial charge in [-0.05, 0) is 67.0 Å². The van der Waals surface area contributed by atoms with Crippen LogP contribution in [0.25, 0.3) is 0 Å². The third-order valence-electron chi connectivity index (χ3n) is 5.21. The Kier molecular flexibility index (Phi) is 8.44. The van der Waals surface area contributed by atoms with Gasteiger partial charge < -0.3 is 19.5 Å². The fourth-order valence-electron chi connectivity index (χ4n) is 3.55. The number of hydrogen-bond donors (Lipinski definition) is 1. The molecule has 2 aromatic carbocycles. The first kappa shape index (κ1) is 22.4. The Labute approximate surface area is 192 Å². The van der Waals surface area contributed by atoms with E-state index in [1.165, 1.54) is 29.9 Å². The minimum atomic E-state index is -0.215. The quantitative estimate of drug-likeness (QED) is 0.561. The third-order valence-corrected chi connectivity index (χ3v) is 8.22. The van der Waals surface area contributed by atoms with Crippen molar-refractivity contribution >= 4 is 35.1 Å². The standard InChI is InChI=1S/C24H29NO4S2/c26-23(17-28-19-11-9-18(10-12-19)24-30-14-5-15-31-24)25-21-7-1-2-8-22(21)29-16-20-6-3-4-13-27-20/h1-2,7-12,20,24H,3-6,13-17H2,(H,25,26). The minimum absolute atomic E-state index is 0.0493. The predicted molar refractivity (Wildman–Crippen MR) is 128 cm³/mol. The van der Waals surface area contributed by atoms with Gasteiger partial charge in [-0.1, -0.05) is 24.3 Å². The SMILES string of the molecule is O=C(COc1ccc(C2SCCCS2)cc1)Nc1ccccc1OCC1CCCCO1. The number of carbonyl (C=O) groups is 1. The topological polar surface area (TPSA) is 56.8 Å². The number of benzene rings is 2. The molecule has 166 valence electrons. The molecule has 0 aliphatic carbocycles. The molecule has 5 nitrogen and oxygen atoms in total. The molecule has 0 aromatic heterocycles. The summed E-state index contributed by atoms with van der Waals surface area (Å²) < 4.78 is 17.8. The van der Waals surface area contributed by atoms with Crippen LogP contribution in [0.2, 0.25) is 0 Å². The number of thioether (sulfide) groups is 2. The van der Waals surface area contributed by atoms with E-state index in [0.717, 1.165) is 19.4 Å². The Bertz CT molecular complexity index is 834. The molecule has 2 aliphatic rings. The zero-order chi connectivity index (χ0) is 21.3. The van der Waals surface area contributed by atoms with Crippen molar-refractivity contribution in [1.29, 1.82) is 0 Å². The van der Waals surface area contributed by atoms with Crippen LogP contribution in [0.5, 0.6) is 11.5 Å². The molecule has 2 heterocycles. The first-order valence-corrected chi connectivity index (χ1v) is 13.0. The summed E-state index contributed by atoms with van der Waals surface area (Å²) in [5, 5.41) is 2.90. The molecule has 1 amide bonds. The van der Waals surface area contributed by atoms with Crippen LogP contribution in [0.4, 0.5) is 5.69 Å². The van der Waals surface area contributed by atoms with Gasteiger partial charge in [0.15, 0.2) is 6.61 Å². The number of carbonyl (C=O) groups excluding carboxylic acids is 1. The summed E-state index contributed by atoms with van der Waals surface area (Å²) >= 11 is 3.99. The summed E-state index contributed by atoms with van der Waals surface area (Å²) in [6, 6.07) is 15.6. The van der Waals surface area contributed by atoms with E-state index in [-0.39, 0.29) is 18.6 Å². The average Bonchev–Trinajstić information content (AvgIpc) is 2.84. The molecule has 0 saturated carbocycles. The van der Waals surface area contributed by atoms with Crippen LogP contribution >= 0.6 is 23.5 Å². The van der Waals surface area contributed by atoms with Gasteiger partial charge in [0.05, 0.1) is 16.4 Å². The summed E-state index contributed by atoms with van der Waals surface area (Å²) in [5.74, 6) is 3.57. The largest absolute Gasteiger partial charge is 0.489 e. The van der Waals surface area contributed by atoms with Gasteiger partial charge in [-0.3, -0.25) is 4.79 Å². The van der Waals surface area contributed by atoms with Gasteiger partial charge in [0, 0.05) is 6.61 Å². The second-order valence-electron chi connectivity index (χ2n) is 7.63. The van der Waals surface area contributed by atoms with Gasteiger partial charge >= 0.3 is 0 Å². The van der Waals surface area contributed by atoms with E-state index in [9.17, 15) is 4.79 Å². The van der Waals surface area contributed by atoms with Crippen molar-refractivity contribution in [3.8, 4) is 11.5 Å². The lowest BCUT2D eigenvalue weighted by molar-refractivity contribution is -0.118. The molecule has 2 aromatic rings. The van der Waals surface area contributed by atoms with Crippen LogP contribution < -0.4 is 14.8 Å². The van der Waals surface area contributed by atoms with Gasteiger partial charge in [0.2, 0.25) is 0 Å². The van der Waals surface area contributed by atoms with Crippen molar-refractivity contribution in [2.45, 2.75) is 36.4 Å². The Balaban J connectivity index is 1.26. The summed E-state index contributed by atoms with van der Waals surface area (Å²) in [5.41, 5.74) is 1.95. The molecular formula is C24H29NO4S2. The van der Waals surface area contributed by atoms with E-state index in [4.69, 9.17) is 14.2 Å². The fraction of sp³-hybridized carbons (Fsp3) is 0.458. The summed E-state index contributed by atoms with van der Waals surface area (Å²) in [4.78, 5) is 12.4. The smallest absolute Gasteiger partial charge is 0.262 e. The number of para-hydroxylation sites is 2. The molecule has 2 saturated heterocycles. The Morgan fingerprint density at radius 1 is 1.00 bits per heavy atom. The lowest BCUT2D eigenvalue weighted by Crippen LogP contribution is -2.26. The van der Waals surface area contributed by atoms with E-state index in [0.29, 0.717) is 28.4 Å². The molecule has 0 radical (unpaired) electrons. The third kappa shape index (κ3) is 6.82. The molecular weight excluding hydrogens is 430 g/mol. The van der Waals surface area contributed by atoms with E-state index >= 15 is 0 Å². The van der Waals surface area contributed by atoms with Crippen molar-refractivity contribution in [2.75, 3.05) is 36.6 Å². The highest BCUT2D eigenvalue weighted by Gasteiger charge is 2.17. The van der Waals surface area contributed by atoms with Gasteiger partial charge in [0.1, 0.15) is 18.1 Å². The number of anilines is 1. The van der Waals surface area contributed by atoms with Crippen molar-refractivity contribution in [3.05, 3.63) is 54.1 Å². The number of hydrogen-bond acceptors (Lipinski definition) is 6. The number of ether oxygens (including phenoxy) is 3. The fourth-order valence-corrected chi connectivity index (χ4v) is 6.45. The Hall–Kier alpha value is -1.83. The summed E-state index contributed by atoms with van der Waals surface area (Å²) in [6.07, 6.45) is 4.70. The second-order valence-corrected chi connectivity index (χ2v) is 10.4. The maximum Gasteiger partial charge on any atom is 0.262 e. The second kappa shape index (κ2) is 11.7. The van der Waals surface area contributed by atoms with Crippen LogP contribution in [-0.2, 0) is 9.53 Å². The highest BCUT2D eigenvalue weighted by Crippen LogP contribution is 2.43. The number of amides is 1. The van der Waals surface area contributed by atoms with Crippen LogP contribution in [0, 0.1) is 0 Å². The van der Waals surface area contributed by atoms with Crippen molar-refractivity contribution < 1.29 is 19.0 Å². The van der Waals surface area contributed by atoms with Crippen LogP contribution in [0.1, 0.15) is 35.8 Å². The van der Waals surface area contributed by atoms with Crippen molar-refractivity contribution in [1.82, 2.24) is 0 Å². The lowest BCUT2D eigenvalue weighted by atomic mass is 10.1. The molecule has 1 unspecified atom stereocenters. The van der Waals surface area contributed by atoms with E-state index in [1.807, 2.05) is 59.9 Å². The van der Waals surface area contributed by atoms with Crippen molar-refractivity contribution in [2.24, 2.45) is 0 Å². The molecule has 2 fully saturated rings. The maximum absolute atomic E-state index is 12.4. The maximum atomic E-state index is 12.4.